The maximum atomic E-state index is 11.4. The third-order valence-corrected chi connectivity index (χ3v) is 5.91. The summed E-state index contributed by atoms with van der Waals surface area (Å²) in [6.07, 6.45) is 3.42. The molecule has 2 aliphatic rings. The topological polar surface area (TPSA) is 32.3 Å². The molecular weight excluding hydrogens is 232 g/mol. The van der Waals surface area contributed by atoms with Crippen molar-refractivity contribution in [3.05, 3.63) is 0 Å². The largest absolute Gasteiger partial charge is 0.309 e. The van der Waals surface area contributed by atoms with E-state index in [1.165, 1.54) is 6.42 Å². The van der Waals surface area contributed by atoms with Gasteiger partial charge in [-0.25, -0.2) is 0 Å². The lowest BCUT2D eigenvalue weighted by atomic mass is 9.91. The van der Waals surface area contributed by atoms with Crippen LogP contribution >= 0.6 is 0 Å². The molecule has 2 unspecified atom stereocenters. The molecule has 17 heavy (non-hydrogen) atoms. The molecule has 0 radical (unpaired) electrons. The van der Waals surface area contributed by atoms with Gasteiger partial charge in [-0.05, 0) is 33.1 Å². The third-order valence-electron chi connectivity index (χ3n) is 4.53. The first-order chi connectivity index (χ1) is 8.04. The molecule has 3 nitrogen and oxygen atoms in total. The minimum absolute atomic E-state index is 0.267. The lowest BCUT2D eigenvalue weighted by Gasteiger charge is -2.49. The van der Waals surface area contributed by atoms with Crippen molar-refractivity contribution in [3.8, 4) is 0 Å². The Morgan fingerprint density at radius 1 is 1.41 bits per heavy atom. The Bertz CT molecular complexity index is 287. The number of nitrogens with one attached hydrogen (secondary N) is 1. The first-order valence-corrected chi connectivity index (χ1v) is 8.38. The Morgan fingerprint density at radius 2 is 2.06 bits per heavy atom. The SMILES string of the molecule is CCC1(C)CN(C2CCS(=O)CC2)C(C)CN1. The van der Waals surface area contributed by atoms with Gasteiger partial charge in [0, 0.05) is 53.0 Å². The zero-order valence-electron chi connectivity index (χ0n) is 11.4. The van der Waals surface area contributed by atoms with E-state index >= 15 is 0 Å². The van der Waals surface area contributed by atoms with E-state index in [2.05, 4.69) is 31.0 Å². The summed E-state index contributed by atoms with van der Waals surface area (Å²) in [5.41, 5.74) is 0.267. The number of hydrogen-bond donors (Lipinski definition) is 1. The van der Waals surface area contributed by atoms with Gasteiger partial charge >= 0.3 is 0 Å². The van der Waals surface area contributed by atoms with Crippen LogP contribution in [0.3, 0.4) is 0 Å². The minimum Gasteiger partial charge on any atom is -0.309 e. The monoisotopic (exact) mass is 258 g/mol. The maximum absolute atomic E-state index is 11.4. The Balaban J connectivity index is 2.00. The van der Waals surface area contributed by atoms with Gasteiger partial charge in [0.2, 0.25) is 0 Å². The van der Waals surface area contributed by atoms with Gasteiger partial charge in [-0.2, -0.15) is 0 Å². The predicted octanol–water partition coefficient (Wildman–Crippen LogP) is 1.36. The lowest BCUT2D eigenvalue weighted by Crippen LogP contribution is -2.64. The molecule has 2 atom stereocenters. The fraction of sp³-hybridized carbons (Fsp3) is 1.00. The summed E-state index contributed by atoms with van der Waals surface area (Å²) in [6.45, 7) is 9.13. The molecular formula is C13H26N2OS. The standard InChI is InChI=1S/C13H26N2OS/c1-4-13(3)10-15(11(2)9-14-13)12-5-7-17(16)8-6-12/h11-12,14H,4-10H2,1-3H3. The molecule has 0 saturated carbocycles. The zero-order chi connectivity index (χ0) is 12.5. The van der Waals surface area contributed by atoms with Gasteiger partial charge in [0.05, 0.1) is 0 Å². The van der Waals surface area contributed by atoms with E-state index < -0.39 is 10.8 Å². The summed E-state index contributed by atoms with van der Waals surface area (Å²) >= 11 is 0. The van der Waals surface area contributed by atoms with Crippen LogP contribution in [0.4, 0.5) is 0 Å². The molecule has 2 heterocycles. The summed E-state index contributed by atoms with van der Waals surface area (Å²) in [5, 5.41) is 3.67. The molecule has 0 amide bonds. The lowest BCUT2D eigenvalue weighted by molar-refractivity contribution is 0.0498. The van der Waals surface area contributed by atoms with Crippen molar-refractivity contribution in [1.29, 1.82) is 0 Å². The molecule has 2 aliphatic heterocycles. The van der Waals surface area contributed by atoms with Gasteiger partial charge in [0.1, 0.15) is 0 Å². The van der Waals surface area contributed by atoms with Crippen LogP contribution in [0.15, 0.2) is 0 Å². The van der Waals surface area contributed by atoms with Crippen molar-refractivity contribution in [2.45, 2.75) is 57.7 Å². The second kappa shape index (κ2) is 5.37. The molecule has 0 aromatic carbocycles. The van der Waals surface area contributed by atoms with Crippen LogP contribution in [0, 0.1) is 0 Å². The Labute approximate surface area is 108 Å². The molecule has 0 aromatic heterocycles. The van der Waals surface area contributed by atoms with Crippen LogP contribution in [0.1, 0.15) is 40.0 Å². The quantitative estimate of drug-likeness (QED) is 0.812. The van der Waals surface area contributed by atoms with Crippen molar-refractivity contribution >= 4 is 10.8 Å². The van der Waals surface area contributed by atoms with E-state index in [1.54, 1.807) is 0 Å². The highest BCUT2D eigenvalue weighted by molar-refractivity contribution is 7.85. The third kappa shape index (κ3) is 3.09. The van der Waals surface area contributed by atoms with Crippen molar-refractivity contribution in [2.24, 2.45) is 0 Å². The molecule has 2 saturated heterocycles. The molecule has 100 valence electrons. The maximum Gasteiger partial charge on any atom is 0.0278 e. The molecule has 0 spiro atoms. The summed E-state index contributed by atoms with van der Waals surface area (Å²) in [5.74, 6) is 1.81. The summed E-state index contributed by atoms with van der Waals surface area (Å²) in [7, 11) is -0.540. The van der Waals surface area contributed by atoms with Gasteiger partial charge in [-0.15, -0.1) is 0 Å². The van der Waals surface area contributed by atoms with E-state index in [0.717, 1.165) is 37.4 Å². The average molecular weight is 258 g/mol. The number of nitrogens with zero attached hydrogens (tertiary/aromatic N) is 1. The van der Waals surface area contributed by atoms with Crippen LogP contribution in [0.2, 0.25) is 0 Å². The van der Waals surface area contributed by atoms with E-state index in [9.17, 15) is 4.21 Å². The number of hydrogen-bond acceptors (Lipinski definition) is 3. The van der Waals surface area contributed by atoms with Crippen LogP contribution in [-0.4, -0.2) is 51.3 Å². The predicted molar refractivity (Wildman–Crippen MR) is 73.8 cm³/mol. The molecule has 0 aliphatic carbocycles. The Hall–Kier alpha value is 0.0700. The fourth-order valence-corrected chi connectivity index (χ4v) is 4.24. The smallest absolute Gasteiger partial charge is 0.0278 e. The minimum atomic E-state index is -0.540. The average Bonchev–Trinajstić information content (AvgIpc) is 2.34. The van der Waals surface area contributed by atoms with Gasteiger partial charge in [-0.3, -0.25) is 9.11 Å². The number of piperazine rings is 1. The Kier molecular flexibility index (Phi) is 4.26. The highest BCUT2D eigenvalue weighted by Gasteiger charge is 2.36. The van der Waals surface area contributed by atoms with Gasteiger partial charge in [0.15, 0.2) is 0 Å². The molecule has 0 aromatic rings. The van der Waals surface area contributed by atoms with E-state index in [-0.39, 0.29) is 5.54 Å². The van der Waals surface area contributed by atoms with Crippen LogP contribution in [0.25, 0.3) is 0 Å². The first-order valence-electron chi connectivity index (χ1n) is 6.90. The van der Waals surface area contributed by atoms with Gasteiger partial charge in [-0.1, -0.05) is 6.92 Å². The van der Waals surface area contributed by atoms with Crippen LogP contribution in [-0.2, 0) is 10.8 Å². The highest BCUT2D eigenvalue weighted by atomic mass is 32.2. The second-order valence-electron chi connectivity index (χ2n) is 5.90. The van der Waals surface area contributed by atoms with Gasteiger partial charge < -0.3 is 5.32 Å². The summed E-state index contributed by atoms with van der Waals surface area (Å²) < 4.78 is 11.4. The highest BCUT2D eigenvalue weighted by Crippen LogP contribution is 2.25. The Morgan fingerprint density at radius 3 is 2.65 bits per heavy atom. The van der Waals surface area contributed by atoms with Crippen LogP contribution in [0.5, 0.6) is 0 Å². The second-order valence-corrected chi connectivity index (χ2v) is 7.59. The molecule has 2 rings (SSSR count). The molecule has 1 N–H and O–H groups in total. The molecule has 4 heteroatoms. The van der Waals surface area contributed by atoms with Crippen molar-refractivity contribution in [3.63, 3.8) is 0 Å². The van der Waals surface area contributed by atoms with Gasteiger partial charge in [0.25, 0.3) is 0 Å². The van der Waals surface area contributed by atoms with Crippen molar-refractivity contribution in [2.75, 3.05) is 24.6 Å². The van der Waals surface area contributed by atoms with Crippen molar-refractivity contribution in [1.82, 2.24) is 10.2 Å². The normalized spacial score (nSPS) is 44.8. The summed E-state index contributed by atoms with van der Waals surface area (Å²) in [6, 6.07) is 1.28. The fourth-order valence-electron chi connectivity index (χ4n) is 2.96. The summed E-state index contributed by atoms with van der Waals surface area (Å²) in [4.78, 5) is 2.66. The first kappa shape index (κ1) is 13.5. The van der Waals surface area contributed by atoms with Crippen LogP contribution < -0.4 is 5.32 Å². The molecule has 0 bridgehead atoms. The van der Waals surface area contributed by atoms with E-state index in [0.29, 0.717) is 12.1 Å². The number of rotatable bonds is 2. The van der Waals surface area contributed by atoms with E-state index in [1.807, 2.05) is 0 Å². The van der Waals surface area contributed by atoms with Crippen molar-refractivity contribution < 1.29 is 4.21 Å². The molecule has 2 fully saturated rings. The zero-order valence-corrected chi connectivity index (χ0v) is 12.2. The van der Waals surface area contributed by atoms with E-state index in [4.69, 9.17) is 0 Å².